The first kappa shape index (κ1) is 38.2. The minimum absolute atomic E-state index is 0.321. The third kappa shape index (κ3) is 5.99. The van der Waals surface area contributed by atoms with Gasteiger partial charge in [0.25, 0.3) is 0 Å². The van der Waals surface area contributed by atoms with Gasteiger partial charge in [0.05, 0.1) is 27.9 Å². The molecule has 0 bridgehead atoms. The predicted octanol–water partition coefficient (Wildman–Crippen LogP) is 16.5. The van der Waals surface area contributed by atoms with E-state index in [1.807, 2.05) is 17.8 Å². The number of anilines is 6. The summed E-state index contributed by atoms with van der Waals surface area (Å²) >= 11 is 1.87. The first-order valence-corrected chi connectivity index (χ1v) is 22.7. The number of hydrogen-bond acceptors (Lipinski definition) is 5. The molecule has 308 valence electrons. The van der Waals surface area contributed by atoms with E-state index in [1.54, 1.807) is 0 Å². The molecule has 12 rings (SSSR count). The number of para-hydroxylation sites is 3. The summed E-state index contributed by atoms with van der Waals surface area (Å²) in [6.07, 6.45) is 0. The van der Waals surface area contributed by atoms with Crippen LogP contribution in [-0.4, -0.2) is 5.60 Å². The lowest BCUT2D eigenvalue weighted by Crippen LogP contribution is -2.32. The van der Waals surface area contributed by atoms with E-state index in [1.165, 1.54) is 43.2 Å². The zero-order valence-corrected chi connectivity index (χ0v) is 36.6. The highest BCUT2D eigenvalue weighted by Crippen LogP contribution is 2.64. The van der Waals surface area contributed by atoms with Crippen molar-refractivity contribution < 1.29 is 9.15 Å². The summed E-state index contributed by atoms with van der Waals surface area (Å²) in [7, 11) is 0. The molecule has 64 heavy (non-hydrogen) atoms. The lowest BCUT2D eigenvalue weighted by Gasteiger charge is -2.39. The fourth-order valence-electron chi connectivity index (χ4n) is 10.2. The van der Waals surface area contributed by atoms with Gasteiger partial charge in [-0.15, -0.1) is 0 Å². The highest BCUT2D eigenvalue weighted by Gasteiger charge is 2.51. The minimum Gasteiger partial charge on any atom is -0.488 e. The molecule has 4 nitrogen and oxygen atoms in total. The normalized spacial score (nSPS) is 13.3. The van der Waals surface area contributed by atoms with Gasteiger partial charge in [0.15, 0.2) is 0 Å². The Bertz CT molecular complexity index is 3340. The van der Waals surface area contributed by atoms with Crippen LogP contribution < -0.4 is 14.5 Å². The number of benzene rings is 9. The highest BCUT2D eigenvalue weighted by atomic mass is 32.2. The molecule has 1 aromatic heterocycles. The van der Waals surface area contributed by atoms with Crippen LogP contribution in [0.25, 0.3) is 33.1 Å². The molecule has 0 amide bonds. The Labute approximate surface area is 378 Å². The molecule has 0 atom stereocenters. The molecule has 0 radical (unpaired) electrons. The molecular weight excluding hydrogens is 801 g/mol. The number of fused-ring (bicyclic) bond motifs is 12. The number of rotatable bonds is 7. The van der Waals surface area contributed by atoms with Gasteiger partial charge in [0.2, 0.25) is 0 Å². The van der Waals surface area contributed by atoms with Crippen LogP contribution in [0.15, 0.2) is 227 Å². The van der Waals surface area contributed by atoms with Crippen LogP contribution >= 0.6 is 11.8 Å². The number of furan rings is 1. The molecule has 1 spiro atoms. The minimum atomic E-state index is -0.510. The molecule has 5 heteroatoms. The van der Waals surface area contributed by atoms with Crippen molar-refractivity contribution in [1.82, 2.24) is 0 Å². The Morgan fingerprint density at radius 1 is 0.453 bits per heavy atom. The van der Waals surface area contributed by atoms with Gasteiger partial charge < -0.3 is 19.0 Å². The molecule has 0 saturated carbocycles. The van der Waals surface area contributed by atoms with E-state index in [9.17, 15) is 0 Å². The predicted molar refractivity (Wildman–Crippen MR) is 265 cm³/mol. The third-order valence-corrected chi connectivity index (χ3v) is 13.7. The number of hydrogen-bond donors (Lipinski definition) is 0. The van der Waals surface area contributed by atoms with Gasteiger partial charge in [-0.2, -0.15) is 0 Å². The summed E-state index contributed by atoms with van der Waals surface area (Å²) in [6.45, 7) is 6.23. The number of nitrogens with zero attached hydrogens (tertiary/aromatic N) is 2. The van der Waals surface area contributed by atoms with Crippen molar-refractivity contribution in [1.29, 1.82) is 0 Å². The maximum absolute atomic E-state index is 6.89. The Morgan fingerprint density at radius 2 is 1.00 bits per heavy atom. The van der Waals surface area contributed by atoms with Crippen molar-refractivity contribution >= 4 is 67.8 Å². The fraction of sp³-hybridized carbons (Fsp3) is 0.0847. The molecule has 2 aliphatic rings. The standard InChI is InChI=1S/C59H44N2O2S/c1-58(2,3)63-43-35-33-41(34-36-43)60(39-19-6-4-7-20-39)51-37-42(38-53-57(51)45-24-11-15-30-52(45)62-53)61(40-21-8-5-9-22-40)50-29-18-28-49-56(50)44-23-10-12-25-46(44)59(49)47-26-13-16-31-54(47)64-55-32-17-14-27-48(55)59/h4-38H,1-3H3. The zero-order chi connectivity index (χ0) is 43.0. The molecule has 1 aliphatic carbocycles. The molecule has 0 N–H and O–H groups in total. The summed E-state index contributed by atoms with van der Waals surface area (Å²) in [5.41, 5.74) is 14.6. The SMILES string of the molecule is CC(C)(C)Oc1ccc(N(c2ccccc2)c2cc(N(c3ccccc3)c3cccc4c3-c3ccccc3C43c4ccccc4Sc4ccccc43)cc3oc4ccccc4c23)cc1. The Balaban J connectivity index is 1.15. The fourth-order valence-corrected chi connectivity index (χ4v) is 11.4. The Kier molecular flexibility index (Phi) is 8.86. The van der Waals surface area contributed by atoms with E-state index in [2.05, 4.69) is 237 Å². The van der Waals surface area contributed by atoms with Gasteiger partial charge in [-0.1, -0.05) is 139 Å². The smallest absolute Gasteiger partial charge is 0.139 e. The number of ether oxygens (including phenoxy) is 1. The van der Waals surface area contributed by atoms with Crippen molar-refractivity contribution in [3.8, 4) is 16.9 Å². The van der Waals surface area contributed by atoms with Gasteiger partial charge in [-0.05, 0) is 127 Å². The van der Waals surface area contributed by atoms with E-state index >= 15 is 0 Å². The first-order chi connectivity index (χ1) is 31.4. The second-order valence-electron chi connectivity index (χ2n) is 17.6. The Morgan fingerprint density at radius 3 is 1.67 bits per heavy atom. The van der Waals surface area contributed by atoms with Crippen LogP contribution in [0.1, 0.15) is 43.0 Å². The quantitative estimate of drug-likeness (QED) is 0.159. The summed E-state index contributed by atoms with van der Waals surface area (Å²) in [6, 6.07) is 76.8. The van der Waals surface area contributed by atoms with Gasteiger partial charge in [-0.3, -0.25) is 0 Å². The maximum atomic E-state index is 6.89. The lowest BCUT2D eigenvalue weighted by atomic mass is 9.67. The topological polar surface area (TPSA) is 28.9 Å². The summed E-state index contributed by atoms with van der Waals surface area (Å²) in [4.78, 5) is 7.36. The lowest BCUT2D eigenvalue weighted by molar-refractivity contribution is 0.131. The van der Waals surface area contributed by atoms with Gasteiger partial charge in [0, 0.05) is 43.9 Å². The van der Waals surface area contributed by atoms with E-state index < -0.39 is 5.41 Å². The van der Waals surface area contributed by atoms with Crippen LogP contribution in [0.3, 0.4) is 0 Å². The van der Waals surface area contributed by atoms with Crippen molar-refractivity contribution in [2.24, 2.45) is 0 Å². The summed E-state index contributed by atoms with van der Waals surface area (Å²) in [5.74, 6) is 0.824. The average molecular weight is 845 g/mol. The molecular formula is C59H44N2O2S. The monoisotopic (exact) mass is 844 g/mol. The molecule has 1 aliphatic heterocycles. The molecule has 2 heterocycles. The zero-order valence-electron chi connectivity index (χ0n) is 35.8. The van der Waals surface area contributed by atoms with E-state index in [4.69, 9.17) is 9.15 Å². The molecule has 0 unspecified atom stereocenters. The van der Waals surface area contributed by atoms with Crippen LogP contribution in [0.5, 0.6) is 5.75 Å². The van der Waals surface area contributed by atoms with Crippen molar-refractivity contribution in [2.45, 2.75) is 41.6 Å². The van der Waals surface area contributed by atoms with Crippen LogP contribution in [-0.2, 0) is 5.41 Å². The van der Waals surface area contributed by atoms with E-state index in [-0.39, 0.29) is 5.60 Å². The second kappa shape index (κ2) is 14.8. The first-order valence-electron chi connectivity index (χ1n) is 21.9. The highest BCUT2D eigenvalue weighted by molar-refractivity contribution is 7.99. The largest absolute Gasteiger partial charge is 0.488 e. The molecule has 0 saturated heterocycles. The molecule has 0 fully saturated rings. The Hall–Kier alpha value is -7.47. The van der Waals surface area contributed by atoms with Crippen molar-refractivity contribution in [3.05, 3.63) is 235 Å². The van der Waals surface area contributed by atoms with E-state index in [0.717, 1.165) is 61.8 Å². The summed E-state index contributed by atoms with van der Waals surface area (Å²) < 4.78 is 13.2. The van der Waals surface area contributed by atoms with Crippen LogP contribution in [0, 0.1) is 0 Å². The average Bonchev–Trinajstić information content (AvgIpc) is 3.84. The molecule has 10 aromatic rings. The second-order valence-corrected chi connectivity index (χ2v) is 18.7. The van der Waals surface area contributed by atoms with Crippen LogP contribution in [0.4, 0.5) is 34.1 Å². The van der Waals surface area contributed by atoms with Crippen molar-refractivity contribution in [3.63, 3.8) is 0 Å². The van der Waals surface area contributed by atoms with Gasteiger partial charge in [0.1, 0.15) is 22.5 Å². The van der Waals surface area contributed by atoms with Gasteiger partial charge in [-0.25, -0.2) is 0 Å². The summed E-state index contributed by atoms with van der Waals surface area (Å²) in [5, 5.41) is 2.10. The molecule has 9 aromatic carbocycles. The van der Waals surface area contributed by atoms with Crippen molar-refractivity contribution in [2.75, 3.05) is 9.80 Å². The van der Waals surface area contributed by atoms with Crippen LogP contribution in [0.2, 0.25) is 0 Å². The van der Waals surface area contributed by atoms with E-state index in [0.29, 0.717) is 0 Å². The maximum Gasteiger partial charge on any atom is 0.139 e. The third-order valence-electron chi connectivity index (χ3n) is 12.6. The van der Waals surface area contributed by atoms with Gasteiger partial charge >= 0.3 is 0 Å².